The van der Waals surface area contributed by atoms with Crippen LogP contribution in [0.1, 0.15) is 46.7 Å². The lowest BCUT2D eigenvalue weighted by atomic mass is 9.89. The van der Waals surface area contributed by atoms with Crippen molar-refractivity contribution in [3.8, 4) is 11.5 Å². The number of hydrogen-bond donors (Lipinski definition) is 1. The summed E-state index contributed by atoms with van der Waals surface area (Å²) < 4.78 is 19.6. The minimum absolute atomic E-state index is 0.351. The number of aromatic nitrogens is 1. The normalized spacial score (nSPS) is 16.3. The topological polar surface area (TPSA) is 73.2 Å². The molecule has 6 rings (SSSR count). The minimum atomic E-state index is -0.876. The number of rotatable bonds is 9. The first-order valence-electron chi connectivity index (χ1n) is 13.3. The predicted octanol–water partition coefficient (Wildman–Crippen LogP) is 5.88. The van der Waals surface area contributed by atoms with Gasteiger partial charge in [-0.15, -0.1) is 0 Å². The van der Waals surface area contributed by atoms with Gasteiger partial charge in [0, 0.05) is 30.2 Å². The molecular weight excluding hydrogens is 480 g/mol. The molecule has 7 nitrogen and oxygen atoms in total. The van der Waals surface area contributed by atoms with Crippen molar-refractivity contribution in [2.24, 2.45) is 0 Å². The van der Waals surface area contributed by atoms with Gasteiger partial charge in [-0.2, -0.15) is 0 Å². The molecule has 4 aromatic rings. The number of carboxylic acid groups (broad SMARTS) is 1. The second-order valence-corrected chi connectivity index (χ2v) is 10.0. The summed E-state index contributed by atoms with van der Waals surface area (Å²) in [5.41, 5.74) is 4.09. The third kappa shape index (κ3) is 5.26. The van der Waals surface area contributed by atoms with Gasteiger partial charge in [0.2, 0.25) is 0 Å². The van der Waals surface area contributed by atoms with Crippen molar-refractivity contribution in [2.45, 2.75) is 44.7 Å². The highest BCUT2D eigenvalue weighted by molar-refractivity contribution is 5.87. The number of ether oxygens (including phenoxy) is 3. The molecule has 0 unspecified atom stereocenters. The number of carbonyl (C=O) groups is 1. The molecule has 38 heavy (non-hydrogen) atoms. The third-order valence-corrected chi connectivity index (χ3v) is 7.52. The fourth-order valence-electron chi connectivity index (χ4n) is 5.61. The van der Waals surface area contributed by atoms with Crippen molar-refractivity contribution < 1.29 is 24.1 Å². The largest absolute Gasteiger partial charge is 0.478 e. The van der Waals surface area contributed by atoms with Crippen LogP contribution in [0.4, 0.5) is 0 Å². The molecule has 0 bridgehead atoms. The maximum Gasteiger partial charge on any atom is 0.361 e. The number of piperidine rings is 1. The lowest BCUT2D eigenvalue weighted by molar-refractivity contribution is -0.177. The summed E-state index contributed by atoms with van der Waals surface area (Å²) in [6, 6.07) is 23.5. The molecular formula is C31H32N2O5. The van der Waals surface area contributed by atoms with Crippen molar-refractivity contribution in [2.75, 3.05) is 19.7 Å². The summed E-state index contributed by atoms with van der Waals surface area (Å²) in [4.78, 5) is 13.7. The number of hydrogen-bond acceptors (Lipinski definition) is 5. The van der Waals surface area contributed by atoms with E-state index in [1.807, 2.05) is 36.4 Å². The Morgan fingerprint density at radius 3 is 2.45 bits per heavy atom. The van der Waals surface area contributed by atoms with E-state index >= 15 is 0 Å². The zero-order chi connectivity index (χ0) is 25.9. The zero-order valence-electron chi connectivity index (χ0n) is 21.3. The number of aromatic carboxylic acids is 1. The van der Waals surface area contributed by atoms with E-state index in [9.17, 15) is 9.90 Å². The van der Waals surface area contributed by atoms with Crippen molar-refractivity contribution in [3.63, 3.8) is 0 Å². The summed E-state index contributed by atoms with van der Waals surface area (Å²) in [5, 5.41) is 10.6. The first-order valence-corrected chi connectivity index (χ1v) is 13.3. The molecule has 2 aliphatic heterocycles. The lowest BCUT2D eigenvalue weighted by Gasteiger charge is -2.32. The Hall–Kier alpha value is -3.81. The monoisotopic (exact) mass is 512 g/mol. The van der Waals surface area contributed by atoms with Gasteiger partial charge in [0.05, 0.1) is 12.2 Å². The zero-order valence-corrected chi connectivity index (χ0v) is 21.3. The van der Waals surface area contributed by atoms with Gasteiger partial charge in [0.15, 0.2) is 11.5 Å². The average molecular weight is 513 g/mol. The molecule has 1 fully saturated rings. The Kier molecular flexibility index (Phi) is 7.03. The van der Waals surface area contributed by atoms with E-state index in [1.54, 1.807) is 12.1 Å². The number of nitrogens with zero attached hydrogens (tertiary/aromatic N) is 2. The van der Waals surface area contributed by atoms with Crippen LogP contribution in [0.5, 0.6) is 11.5 Å². The van der Waals surface area contributed by atoms with Crippen LogP contribution in [-0.4, -0.2) is 46.7 Å². The van der Waals surface area contributed by atoms with Crippen LogP contribution in [0.3, 0.4) is 0 Å². The summed E-state index contributed by atoms with van der Waals surface area (Å²) in [6.45, 7) is 3.51. The molecule has 0 spiro atoms. The van der Waals surface area contributed by atoms with E-state index < -0.39 is 12.4 Å². The third-order valence-electron chi connectivity index (χ3n) is 7.52. The summed E-state index contributed by atoms with van der Waals surface area (Å²) in [7, 11) is 0. The van der Waals surface area contributed by atoms with E-state index in [0.29, 0.717) is 18.1 Å². The molecule has 7 heteroatoms. The second kappa shape index (κ2) is 10.9. The maximum absolute atomic E-state index is 11.3. The molecule has 2 aliphatic rings. The molecule has 0 aliphatic carbocycles. The van der Waals surface area contributed by atoms with Gasteiger partial charge in [-0.3, -0.25) is 4.90 Å². The van der Waals surface area contributed by atoms with Gasteiger partial charge in [0.1, 0.15) is 0 Å². The van der Waals surface area contributed by atoms with Crippen molar-refractivity contribution in [1.82, 2.24) is 9.47 Å². The molecule has 0 atom stereocenters. The lowest BCUT2D eigenvalue weighted by Crippen LogP contribution is -2.32. The van der Waals surface area contributed by atoms with Crippen molar-refractivity contribution in [1.29, 1.82) is 0 Å². The molecule has 1 aromatic heterocycles. The fraction of sp³-hybridized carbons (Fsp3) is 0.323. The van der Waals surface area contributed by atoms with Crippen LogP contribution in [0.15, 0.2) is 79.0 Å². The molecule has 0 radical (unpaired) electrons. The van der Waals surface area contributed by atoms with Gasteiger partial charge in [0.25, 0.3) is 0 Å². The Balaban J connectivity index is 1.05. The van der Waals surface area contributed by atoms with Gasteiger partial charge in [-0.25, -0.2) is 4.79 Å². The van der Waals surface area contributed by atoms with Crippen LogP contribution in [0, 0.1) is 0 Å². The van der Waals surface area contributed by atoms with Gasteiger partial charge in [-0.05, 0) is 79.7 Å². The van der Waals surface area contributed by atoms with Crippen molar-refractivity contribution in [3.05, 3.63) is 95.7 Å². The predicted molar refractivity (Wildman–Crippen MR) is 145 cm³/mol. The minimum Gasteiger partial charge on any atom is -0.478 e. The van der Waals surface area contributed by atoms with Gasteiger partial charge in [-0.1, -0.05) is 42.5 Å². The van der Waals surface area contributed by atoms with Crippen LogP contribution in [-0.2, 0) is 17.8 Å². The molecule has 0 saturated carbocycles. The summed E-state index contributed by atoms with van der Waals surface area (Å²) >= 11 is 0. The SMILES string of the molecule is O=C(O)c1cccc(CN2CCC(c3cn(CCCOC4Oc5ccccc5O4)c4ccccc34)CC2)c1. The fourth-order valence-corrected chi connectivity index (χ4v) is 5.61. The average Bonchev–Trinajstić information content (AvgIpc) is 3.53. The second-order valence-electron chi connectivity index (χ2n) is 10.0. The molecule has 3 aromatic carbocycles. The van der Waals surface area contributed by atoms with E-state index in [-0.39, 0.29) is 0 Å². The van der Waals surface area contributed by atoms with Gasteiger partial charge >= 0.3 is 12.4 Å². The van der Waals surface area contributed by atoms with Gasteiger partial charge < -0.3 is 23.9 Å². The number of aryl methyl sites for hydroxylation is 1. The number of benzene rings is 3. The Morgan fingerprint density at radius 1 is 0.947 bits per heavy atom. The van der Waals surface area contributed by atoms with Crippen LogP contribution in [0.2, 0.25) is 0 Å². The number of para-hydroxylation sites is 3. The first kappa shape index (κ1) is 24.5. The number of likely N-dealkylation sites (tertiary alicyclic amines) is 1. The highest BCUT2D eigenvalue weighted by Crippen LogP contribution is 2.36. The van der Waals surface area contributed by atoms with E-state index in [2.05, 4.69) is 39.9 Å². The van der Waals surface area contributed by atoms with E-state index in [4.69, 9.17) is 14.2 Å². The maximum atomic E-state index is 11.3. The van der Waals surface area contributed by atoms with E-state index in [0.717, 1.165) is 62.5 Å². The highest BCUT2D eigenvalue weighted by atomic mass is 16.9. The van der Waals surface area contributed by atoms with Crippen LogP contribution in [0.25, 0.3) is 10.9 Å². The molecule has 0 amide bonds. The Labute approximate surface area is 222 Å². The smallest absolute Gasteiger partial charge is 0.361 e. The summed E-state index contributed by atoms with van der Waals surface area (Å²) in [6.07, 6.45) is 5.37. The standard InChI is InChI=1S/C31H32N2O5/c34-30(35)24-8-5-7-22(19-24)20-32-16-13-23(14-17-32)26-21-33(27-10-2-1-9-25(26)27)15-6-18-36-31-37-28-11-3-4-12-29(28)38-31/h1-5,7-12,19,21,23,31H,6,13-18,20H2,(H,34,35). The number of fused-ring (bicyclic) bond motifs is 2. The van der Waals surface area contributed by atoms with Crippen molar-refractivity contribution >= 4 is 16.9 Å². The molecule has 196 valence electrons. The Bertz CT molecular complexity index is 1400. The molecule has 1 saturated heterocycles. The molecule has 3 heterocycles. The number of carboxylic acids is 1. The summed E-state index contributed by atoms with van der Waals surface area (Å²) in [5.74, 6) is 1.08. The van der Waals surface area contributed by atoms with Crippen LogP contribution >= 0.6 is 0 Å². The quantitative estimate of drug-likeness (QED) is 0.282. The Morgan fingerprint density at radius 2 is 1.68 bits per heavy atom. The first-order chi connectivity index (χ1) is 18.6. The van der Waals surface area contributed by atoms with Crippen LogP contribution < -0.4 is 9.47 Å². The molecule has 1 N–H and O–H groups in total. The highest BCUT2D eigenvalue weighted by Gasteiger charge is 2.25. The van der Waals surface area contributed by atoms with E-state index in [1.165, 1.54) is 16.5 Å².